The third-order valence-corrected chi connectivity index (χ3v) is 4.79. The van der Waals surface area contributed by atoms with Gasteiger partial charge in [-0.25, -0.2) is 0 Å². The summed E-state index contributed by atoms with van der Waals surface area (Å²) in [6, 6.07) is 22.3. The second kappa shape index (κ2) is 12.2. The first-order valence-electron chi connectivity index (χ1n) is 10.8. The molecule has 7 nitrogen and oxygen atoms in total. The number of hydrogen-bond donors (Lipinski definition) is 3. The van der Waals surface area contributed by atoms with Crippen LogP contribution >= 0.6 is 0 Å². The van der Waals surface area contributed by atoms with Crippen molar-refractivity contribution in [1.29, 1.82) is 0 Å². The summed E-state index contributed by atoms with van der Waals surface area (Å²) in [6.45, 7) is 3.61. The van der Waals surface area contributed by atoms with Crippen LogP contribution in [0.15, 0.2) is 78.9 Å². The second-order valence-electron chi connectivity index (χ2n) is 7.21. The maximum Gasteiger partial charge on any atom is 0.255 e. The molecule has 0 fully saturated rings. The fourth-order valence-corrected chi connectivity index (χ4v) is 3.13. The van der Waals surface area contributed by atoms with Crippen molar-refractivity contribution < 1.29 is 19.1 Å². The first kappa shape index (κ1) is 23.7. The van der Waals surface area contributed by atoms with E-state index in [0.717, 1.165) is 0 Å². The summed E-state index contributed by atoms with van der Waals surface area (Å²) in [6.07, 6.45) is 0.704. The maximum atomic E-state index is 12.9. The highest BCUT2D eigenvalue weighted by atomic mass is 16.5. The number of hydrogen-bond acceptors (Lipinski definition) is 4. The minimum absolute atomic E-state index is 0.264. The van der Waals surface area contributed by atoms with E-state index >= 15 is 0 Å². The van der Waals surface area contributed by atoms with Gasteiger partial charge in [0.1, 0.15) is 0 Å². The van der Waals surface area contributed by atoms with Gasteiger partial charge in [0.2, 0.25) is 0 Å². The Hall–Kier alpha value is -3.97. The van der Waals surface area contributed by atoms with E-state index in [9.17, 15) is 14.4 Å². The van der Waals surface area contributed by atoms with E-state index in [-0.39, 0.29) is 17.7 Å². The van der Waals surface area contributed by atoms with Gasteiger partial charge < -0.3 is 20.7 Å². The third kappa shape index (κ3) is 7.02. The summed E-state index contributed by atoms with van der Waals surface area (Å²) in [5.74, 6) is -0.923. The fourth-order valence-electron chi connectivity index (χ4n) is 3.13. The zero-order valence-electron chi connectivity index (χ0n) is 18.5. The van der Waals surface area contributed by atoms with Crippen LogP contribution in [-0.4, -0.2) is 37.5 Å². The predicted molar refractivity (Wildman–Crippen MR) is 129 cm³/mol. The van der Waals surface area contributed by atoms with Crippen molar-refractivity contribution in [2.45, 2.75) is 13.3 Å². The molecular formula is C26H27N3O4. The van der Waals surface area contributed by atoms with Crippen molar-refractivity contribution in [2.24, 2.45) is 0 Å². The van der Waals surface area contributed by atoms with Crippen molar-refractivity contribution in [2.75, 3.05) is 30.4 Å². The van der Waals surface area contributed by atoms with Gasteiger partial charge in [-0.2, -0.15) is 0 Å². The summed E-state index contributed by atoms with van der Waals surface area (Å²) in [7, 11) is 0. The quantitative estimate of drug-likeness (QED) is 0.404. The Morgan fingerprint density at radius 3 is 2.24 bits per heavy atom. The van der Waals surface area contributed by atoms with Crippen molar-refractivity contribution >= 4 is 29.1 Å². The maximum absolute atomic E-state index is 12.9. The highest BCUT2D eigenvalue weighted by Crippen LogP contribution is 2.18. The van der Waals surface area contributed by atoms with Gasteiger partial charge in [0.25, 0.3) is 17.7 Å². The van der Waals surface area contributed by atoms with Gasteiger partial charge in [0, 0.05) is 36.6 Å². The lowest BCUT2D eigenvalue weighted by Crippen LogP contribution is -2.26. The summed E-state index contributed by atoms with van der Waals surface area (Å²) in [5, 5.41) is 8.42. The van der Waals surface area contributed by atoms with Crippen LogP contribution in [0.2, 0.25) is 0 Å². The van der Waals surface area contributed by atoms with Crippen LogP contribution in [-0.2, 0) is 4.74 Å². The van der Waals surface area contributed by atoms with Crippen molar-refractivity contribution in [1.82, 2.24) is 5.32 Å². The smallest absolute Gasteiger partial charge is 0.255 e. The summed E-state index contributed by atoms with van der Waals surface area (Å²) in [4.78, 5) is 37.8. The van der Waals surface area contributed by atoms with E-state index in [1.54, 1.807) is 72.8 Å². The molecule has 0 aromatic heterocycles. The van der Waals surface area contributed by atoms with Gasteiger partial charge in [-0.05, 0) is 55.8 Å². The molecule has 3 N–H and O–H groups in total. The molecule has 3 rings (SSSR count). The number of nitrogens with one attached hydrogen (secondary N) is 3. The van der Waals surface area contributed by atoms with Crippen LogP contribution in [0.4, 0.5) is 11.4 Å². The lowest BCUT2D eigenvalue weighted by Gasteiger charge is -2.12. The Labute approximate surface area is 193 Å². The van der Waals surface area contributed by atoms with Gasteiger partial charge in [-0.15, -0.1) is 0 Å². The topological polar surface area (TPSA) is 96.5 Å². The molecule has 0 aliphatic heterocycles. The Balaban J connectivity index is 1.65. The molecule has 33 heavy (non-hydrogen) atoms. The van der Waals surface area contributed by atoms with E-state index < -0.39 is 0 Å². The van der Waals surface area contributed by atoms with Gasteiger partial charge in [0.15, 0.2) is 0 Å². The summed E-state index contributed by atoms with van der Waals surface area (Å²) in [5.41, 5.74) is 2.15. The Kier molecular flexibility index (Phi) is 8.73. The van der Waals surface area contributed by atoms with E-state index in [4.69, 9.17) is 4.74 Å². The molecule has 7 heteroatoms. The Morgan fingerprint density at radius 2 is 1.45 bits per heavy atom. The molecule has 0 radical (unpaired) electrons. The predicted octanol–water partition coefficient (Wildman–Crippen LogP) is 4.35. The van der Waals surface area contributed by atoms with E-state index in [0.29, 0.717) is 54.2 Å². The van der Waals surface area contributed by atoms with Gasteiger partial charge >= 0.3 is 0 Å². The molecule has 3 aromatic carbocycles. The van der Waals surface area contributed by atoms with Crippen LogP contribution in [0, 0.1) is 0 Å². The molecule has 3 aromatic rings. The number of carbonyl (C=O) groups is 3. The van der Waals surface area contributed by atoms with Crippen LogP contribution in [0.5, 0.6) is 0 Å². The highest BCUT2D eigenvalue weighted by Gasteiger charge is 2.14. The van der Waals surface area contributed by atoms with Crippen LogP contribution < -0.4 is 16.0 Å². The Bertz CT molecular complexity index is 1100. The minimum atomic E-state index is -0.387. The molecule has 0 atom stereocenters. The summed E-state index contributed by atoms with van der Waals surface area (Å²) >= 11 is 0. The van der Waals surface area contributed by atoms with Crippen LogP contribution in [0.25, 0.3) is 0 Å². The van der Waals surface area contributed by atoms with Gasteiger partial charge in [0.05, 0.1) is 11.3 Å². The average Bonchev–Trinajstić information content (AvgIpc) is 2.85. The standard InChI is InChI=1S/C26H27N3O4/c1-2-33-17-9-16-27-26(32)22-14-6-7-15-23(22)29-25(31)20-12-8-13-21(18-20)28-24(30)19-10-4-3-5-11-19/h3-8,10-15,18H,2,9,16-17H2,1H3,(H,27,32)(H,28,30)(H,29,31). The first-order chi connectivity index (χ1) is 16.1. The number of rotatable bonds is 10. The summed E-state index contributed by atoms with van der Waals surface area (Å²) < 4.78 is 5.27. The van der Waals surface area contributed by atoms with Crippen LogP contribution in [0.1, 0.15) is 44.4 Å². The number of amides is 3. The normalized spacial score (nSPS) is 10.3. The molecule has 170 valence electrons. The molecule has 0 heterocycles. The molecule has 0 saturated heterocycles. The van der Waals surface area contributed by atoms with E-state index in [1.165, 1.54) is 0 Å². The molecule has 0 saturated carbocycles. The fraction of sp³-hybridized carbons (Fsp3) is 0.192. The molecule has 0 aliphatic rings. The molecular weight excluding hydrogens is 418 g/mol. The van der Waals surface area contributed by atoms with Crippen LogP contribution in [0.3, 0.4) is 0 Å². The zero-order chi connectivity index (χ0) is 23.5. The first-order valence-corrected chi connectivity index (χ1v) is 10.8. The van der Waals surface area contributed by atoms with E-state index in [1.807, 2.05) is 13.0 Å². The molecule has 0 bridgehead atoms. The molecule has 0 spiro atoms. The van der Waals surface area contributed by atoms with Gasteiger partial charge in [-0.1, -0.05) is 36.4 Å². The Morgan fingerprint density at radius 1 is 0.758 bits per heavy atom. The minimum Gasteiger partial charge on any atom is -0.382 e. The zero-order valence-corrected chi connectivity index (χ0v) is 18.5. The number of anilines is 2. The average molecular weight is 446 g/mol. The SMILES string of the molecule is CCOCCCNC(=O)c1ccccc1NC(=O)c1cccc(NC(=O)c2ccccc2)c1. The number of carbonyl (C=O) groups excluding carboxylic acids is 3. The lowest BCUT2D eigenvalue weighted by molar-refractivity contribution is 0.0944. The van der Waals surface area contributed by atoms with Crippen molar-refractivity contribution in [3.8, 4) is 0 Å². The second-order valence-corrected chi connectivity index (χ2v) is 7.21. The monoisotopic (exact) mass is 445 g/mol. The lowest BCUT2D eigenvalue weighted by atomic mass is 10.1. The van der Waals surface area contributed by atoms with Crippen molar-refractivity contribution in [3.63, 3.8) is 0 Å². The molecule has 0 aliphatic carbocycles. The number of ether oxygens (including phenoxy) is 1. The number of para-hydroxylation sites is 1. The van der Waals surface area contributed by atoms with Crippen molar-refractivity contribution in [3.05, 3.63) is 95.6 Å². The number of benzene rings is 3. The third-order valence-electron chi connectivity index (χ3n) is 4.79. The molecule has 3 amide bonds. The molecule has 0 unspecified atom stereocenters. The van der Waals surface area contributed by atoms with E-state index in [2.05, 4.69) is 16.0 Å². The van der Waals surface area contributed by atoms with Gasteiger partial charge in [-0.3, -0.25) is 14.4 Å². The largest absolute Gasteiger partial charge is 0.382 e. The highest BCUT2D eigenvalue weighted by molar-refractivity contribution is 6.10.